The van der Waals surface area contributed by atoms with Crippen LogP contribution in [0.15, 0.2) is 18.3 Å². The first-order valence-corrected chi connectivity index (χ1v) is 5.80. The normalized spacial score (nSPS) is 20.6. The molecule has 0 amide bonds. The van der Waals surface area contributed by atoms with Gasteiger partial charge in [0.2, 0.25) is 0 Å². The second-order valence-corrected chi connectivity index (χ2v) is 4.19. The number of carbonyl (C=O) groups excluding carboxylic acids is 1. The Morgan fingerprint density at radius 3 is 3.12 bits per heavy atom. The van der Waals surface area contributed by atoms with E-state index in [1.54, 1.807) is 6.07 Å². The van der Waals surface area contributed by atoms with Crippen LogP contribution in [0.1, 0.15) is 41.5 Å². The van der Waals surface area contributed by atoms with Crippen molar-refractivity contribution in [2.45, 2.75) is 25.4 Å². The average Bonchev–Trinajstić information content (AvgIpc) is 2.83. The minimum atomic E-state index is 0.000604. The molecule has 0 saturated carbocycles. The molecule has 0 radical (unpaired) electrons. The summed E-state index contributed by atoms with van der Waals surface area (Å²) < 4.78 is 7.54. The molecule has 1 unspecified atom stereocenters. The zero-order valence-corrected chi connectivity index (χ0v) is 9.37. The van der Waals surface area contributed by atoms with Gasteiger partial charge in [0.15, 0.2) is 17.8 Å². The maximum Gasteiger partial charge on any atom is 0.171 e. The summed E-state index contributed by atoms with van der Waals surface area (Å²) in [4.78, 5) is 10.9. The summed E-state index contributed by atoms with van der Waals surface area (Å²) in [6.07, 6.45) is 5.89. The van der Waals surface area contributed by atoms with Gasteiger partial charge in [0, 0.05) is 12.8 Å². The number of pyridine rings is 1. The van der Waals surface area contributed by atoms with Crippen LogP contribution >= 0.6 is 0 Å². The number of aromatic nitrogens is 3. The van der Waals surface area contributed by atoms with E-state index in [4.69, 9.17) is 4.74 Å². The highest BCUT2D eigenvalue weighted by Gasteiger charge is 2.21. The van der Waals surface area contributed by atoms with Crippen molar-refractivity contribution in [2.75, 3.05) is 6.61 Å². The fraction of sp³-hybridized carbons (Fsp3) is 0.417. The zero-order valence-electron chi connectivity index (χ0n) is 9.37. The zero-order chi connectivity index (χ0) is 11.7. The molecule has 0 aromatic carbocycles. The van der Waals surface area contributed by atoms with Crippen molar-refractivity contribution in [2.24, 2.45) is 0 Å². The minimum absolute atomic E-state index is 0.000604. The van der Waals surface area contributed by atoms with Crippen molar-refractivity contribution in [3.05, 3.63) is 29.7 Å². The molecule has 88 valence electrons. The third-order valence-electron chi connectivity index (χ3n) is 3.09. The van der Waals surface area contributed by atoms with Crippen LogP contribution in [-0.2, 0) is 4.74 Å². The molecule has 3 heterocycles. The summed E-state index contributed by atoms with van der Waals surface area (Å²) in [6.45, 7) is 0.771. The van der Waals surface area contributed by atoms with Gasteiger partial charge in [-0.2, -0.15) is 0 Å². The quantitative estimate of drug-likeness (QED) is 0.739. The second-order valence-electron chi connectivity index (χ2n) is 4.19. The number of nitrogens with zero attached hydrogens (tertiary/aromatic N) is 3. The van der Waals surface area contributed by atoms with Gasteiger partial charge in [0.25, 0.3) is 0 Å². The molecular weight excluding hydrogens is 218 g/mol. The van der Waals surface area contributed by atoms with Crippen LogP contribution in [0.5, 0.6) is 0 Å². The highest BCUT2D eigenvalue weighted by atomic mass is 16.5. The smallest absolute Gasteiger partial charge is 0.171 e. The number of ether oxygens (including phenoxy) is 1. The second kappa shape index (κ2) is 4.25. The fourth-order valence-corrected chi connectivity index (χ4v) is 2.21. The van der Waals surface area contributed by atoms with E-state index in [2.05, 4.69) is 10.2 Å². The highest BCUT2D eigenvalue weighted by Crippen LogP contribution is 2.27. The van der Waals surface area contributed by atoms with Gasteiger partial charge >= 0.3 is 0 Å². The molecule has 1 aliphatic heterocycles. The first-order valence-electron chi connectivity index (χ1n) is 5.80. The van der Waals surface area contributed by atoms with Gasteiger partial charge in [0.1, 0.15) is 6.10 Å². The van der Waals surface area contributed by atoms with E-state index in [0.29, 0.717) is 11.2 Å². The summed E-state index contributed by atoms with van der Waals surface area (Å²) in [6, 6.07) is 3.56. The van der Waals surface area contributed by atoms with Gasteiger partial charge in [0.05, 0.1) is 5.56 Å². The van der Waals surface area contributed by atoms with Crippen molar-refractivity contribution in [1.82, 2.24) is 14.6 Å². The van der Waals surface area contributed by atoms with Crippen molar-refractivity contribution >= 4 is 11.9 Å². The van der Waals surface area contributed by atoms with Crippen LogP contribution in [0.2, 0.25) is 0 Å². The number of carbonyl (C=O) groups is 1. The summed E-state index contributed by atoms with van der Waals surface area (Å²) in [5, 5.41) is 8.22. The number of hydrogen-bond donors (Lipinski definition) is 0. The predicted molar refractivity (Wildman–Crippen MR) is 60.9 cm³/mol. The van der Waals surface area contributed by atoms with E-state index in [9.17, 15) is 4.79 Å². The molecule has 0 bridgehead atoms. The number of aldehydes is 1. The standard InChI is InChI=1S/C12H13N3O2/c16-8-9-4-3-6-15-11(9)13-14-12(15)10-5-1-2-7-17-10/h3-4,6,8,10H,1-2,5,7H2. The number of fused-ring (bicyclic) bond motifs is 1. The van der Waals surface area contributed by atoms with Crippen LogP contribution in [0.3, 0.4) is 0 Å². The third kappa shape index (κ3) is 1.72. The Kier molecular flexibility index (Phi) is 2.60. The lowest BCUT2D eigenvalue weighted by Gasteiger charge is -2.20. The summed E-state index contributed by atoms with van der Waals surface area (Å²) in [5.74, 6) is 0.795. The Bertz CT molecular complexity index is 544. The lowest BCUT2D eigenvalue weighted by atomic mass is 10.1. The van der Waals surface area contributed by atoms with Gasteiger partial charge in [-0.1, -0.05) is 0 Å². The monoisotopic (exact) mass is 231 g/mol. The van der Waals surface area contributed by atoms with Crippen LogP contribution in [0, 0.1) is 0 Å². The average molecular weight is 231 g/mol. The Labute approximate surface area is 98.4 Å². The van der Waals surface area contributed by atoms with Gasteiger partial charge in [-0.3, -0.25) is 9.20 Å². The van der Waals surface area contributed by atoms with Gasteiger partial charge in [-0.15, -0.1) is 10.2 Å². The summed E-state index contributed by atoms with van der Waals surface area (Å²) >= 11 is 0. The lowest BCUT2D eigenvalue weighted by molar-refractivity contribution is 0.00885. The molecule has 1 fully saturated rings. The predicted octanol–water partition coefficient (Wildman–Crippen LogP) is 1.78. The van der Waals surface area contributed by atoms with Gasteiger partial charge < -0.3 is 4.74 Å². The molecule has 5 heteroatoms. The van der Waals surface area contributed by atoms with E-state index >= 15 is 0 Å². The van der Waals surface area contributed by atoms with E-state index in [1.807, 2.05) is 16.7 Å². The first-order chi connectivity index (χ1) is 8.40. The van der Waals surface area contributed by atoms with Crippen LogP contribution in [0.25, 0.3) is 5.65 Å². The van der Waals surface area contributed by atoms with Crippen molar-refractivity contribution < 1.29 is 9.53 Å². The lowest BCUT2D eigenvalue weighted by Crippen LogP contribution is -2.14. The Balaban J connectivity index is 2.08. The third-order valence-corrected chi connectivity index (χ3v) is 3.09. The Morgan fingerprint density at radius 1 is 1.41 bits per heavy atom. The van der Waals surface area contributed by atoms with Gasteiger partial charge in [-0.25, -0.2) is 0 Å². The molecule has 5 nitrogen and oxygen atoms in total. The fourth-order valence-electron chi connectivity index (χ4n) is 2.21. The highest BCUT2D eigenvalue weighted by molar-refractivity contribution is 5.83. The molecule has 1 aliphatic rings. The van der Waals surface area contributed by atoms with Crippen LogP contribution in [-0.4, -0.2) is 27.5 Å². The van der Waals surface area contributed by atoms with E-state index in [0.717, 1.165) is 38.0 Å². The molecule has 3 rings (SSSR count). The SMILES string of the molecule is O=Cc1cccn2c(C3CCCCO3)nnc12. The van der Waals surface area contributed by atoms with Crippen LogP contribution in [0.4, 0.5) is 0 Å². The van der Waals surface area contributed by atoms with E-state index in [1.165, 1.54) is 0 Å². The molecule has 0 N–H and O–H groups in total. The summed E-state index contributed by atoms with van der Waals surface area (Å²) in [7, 11) is 0. The minimum Gasteiger partial charge on any atom is -0.370 e. The summed E-state index contributed by atoms with van der Waals surface area (Å²) in [5.41, 5.74) is 1.16. The largest absolute Gasteiger partial charge is 0.370 e. The van der Waals surface area contributed by atoms with Crippen molar-refractivity contribution in [3.63, 3.8) is 0 Å². The molecule has 2 aromatic heterocycles. The maximum absolute atomic E-state index is 10.9. The van der Waals surface area contributed by atoms with E-state index in [-0.39, 0.29) is 6.10 Å². The molecule has 1 saturated heterocycles. The van der Waals surface area contributed by atoms with Crippen molar-refractivity contribution in [3.8, 4) is 0 Å². The molecule has 17 heavy (non-hydrogen) atoms. The van der Waals surface area contributed by atoms with E-state index < -0.39 is 0 Å². The number of rotatable bonds is 2. The van der Waals surface area contributed by atoms with Crippen LogP contribution < -0.4 is 0 Å². The molecule has 1 atom stereocenters. The Morgan fingerprint density at radius 2 is 2.35 bits per heavy atom. The maximum atomic E-state index is 10.9. The molecule has 0 aliphatic carbocycles. The van der Waals surface area contributed by atoms with Crippen molar-refractivity contribution in [1.29, 1.82) is 0 Å². The molecule has 2 aromatic rings. The Hall–Kier alpha value is -1.75. The topological polar surface area (TPSA) is 56.5 Å². The first kappa shape index (κ1) is 10.4. The van der Waals surface area contributed by atoms with Gasteiger partial charge in [-0.05, 0) is 31.4 Å². The number of hydrogen-bond acceptors (Lipinski definition) is 4. The molecule has 0 spiro atoms. The molecular formula is C12H13N3O2.